The second kappa shape index (κ2) is 9.43. The Kier molecular flexibility index (Phi) is 6.18. The number of aromatic nitrogens is 4. The molecule has 2 N–H and O–H groups in total. The van der Waals surface area contributed by atoms with Crippen molar-refractivity contribution in [2.75, 3.05) is 43.4 Å². The minimum absolute atomic E-state index is 0.352. The van der Waals surface area contributed by atoms with Crippen molar-refractivity contribution in [3.8, 4) is 10.6 Å². The molecular formula is C24H26N8O2S. The summed E-state index contributed by atoms with van der Waals surface area (Å²) in [6, 6.07) is 6.74. The van der Waals surface area contributed by atoms with Gasteiger partial charge < -0.3 is 15.1 Å². The lowest BCUT2D eigenvalue weighted by Gasteiger charge is -2.35. The van der Waals surface area contributed by atoms with E-state index >= 15 is 0 Å². The second-order valence-corrected chi connectivity index (χ2v) is 9.44. The van der Waals surface area contributed by atoms with E-state index in [1.165, 1.54) is 17.5 Å². The van der Waals surface area contributed by atoms with Gasteiger partial charge in [0.15, 0.2) is 5.65 Å². The monoisotopic (exact) mass is 490 g/mol. The van der Waals surface area contributed by atoms with E-state index in [9.17, 15) is 9.59 Å². The van der Waals surface area contributed by atoms with E-state index in [1.54, 1.807) is 16.9 Å². The van der Waals surface area contributed by atoms with Gasteiger partial charge in [-0.25, -0.2) is 14.8 Å². The van der Waals surface area contributed by atoms with E-state index in [-0.39, 0.29) is 0 Å². The first kappa shape index (κ1) is 22.9. The van der Waals surface area contributed by atoms with Crippen LogP contribution >= 0.6 is 11.3 Å². The first-order chi connectivity index (χ1) is 16.9. The molecule has 35 heavy (non-hydrogen) atoms. The average Bonchev–Trinajstić information content (AvgIpc) is 3.48. The van der Waals surface area contributed by atoms with Crippen LogP contribution in [-0.2, 0) is 7.05 Å². The fourth-order valence-electron chi connectivity index (χ4n) is 4.35. The zero-order valence-electron chi connectivity index (χ0n) is 19.8. The Hall–Kier alpha value is -3.83. The fourth-order valence-corrected chi connectivity index (χ4v) is 4.98. The van der Waals surface area contributed by atoms with Gasteiger partial charge in [-0.05, 0) is 26.1 Å². The number of thiazole rings is 1. The van der Waals surface area contributed by atoms with Crippen LogP contribution < -0.4 is 15.5 Å². The maximum absolute atomic E-state index is 13.3. The van der Waals surface area contributed by atoms with Crippen LogP contribution in [0.1, 0.15) is 16.1 Å². The number of anilines is 2. The maximum atomic E-state index is 13.3. The van der Waals surface area contributed by atoms with Crippen LogP contribution in [0.3, 0.4) is 0 Å². The third-order valence-electron chi connectivity index (χ3n) is 6.09. The Labute approximate surface area is 206 Å². The predicted molar refractivity (Wildman–Crippen MR) is 137 cm³/mol. The van der Waals surface area contributed by atoms with Gasteiger partial charge in [-0.2, -0.15) is 5.10 Å². The minimum Gasteiger partial charge on any atom is -0.368 e. The molecule has 1 aliphatic heterocycles. The number of benzene rings is 1. The SMILES string of the molecule is Cc1nn(C)c2ncc(C(=O)NC(=O)Nc3cccc(-c4nccs4)c3)c(N3CCN(C)CC3)c12. The molecule has 0 atom stereocenters. The van der Waals surface area contributed by atoms with Crippen molar-refractivity contribution in [2.24, 2.45) is 7.05 Å². The molecule has 1 aliphatic rings. The maximum Gasteiger partial charge on any atom is 0.326 e. The number of imide groups is 1. The summed E-state index contributed by atoms with van der Waals surface area (Å²) >= 11 is 1.52. The summed E-state index contributed by atoms with van der Waals surface area (Å²) in [7, 11) is 3.92. The van der Waals surface area contributed by atoms with Crippen molar-refractivity contribution in [3.05, 3.63) is 53.3 Å². The van der Waals surface area contributed by atoms with Crippen molar-refractivity contribution in [3.63, 3.8) is 0 Å². The lowest BCUT2D eigenvalue weighted by molar-refractivity contribution is 0.0967. The van der Waals surface area contributed by atoms with Gasteiger partial charge in [-0.1, -0.05) is 12.1 Å². The number of nitrogens with zero attached hydrogens (tertiary/aromatic N) is 6. The van der Waals surface area contributed by atoms with Gasteiger partial charge in [0.25, 0.3) is 5.91 Å². The molecule has 0 saturated carbocycles. The van der Waals surface area contributed by atoms with E-state index in [4.69, 9.17) is 0 Å². The van der Waals surface area contributed by atoms with Crippen LogP contribution in [0.2, 0.25) is 0 Å². The van der Waals surface area contributed by atoms with Crippen LogP contribution in [0.4, 0.5) is 16.2 Å². The molecule has 0 aliphatic carbocycles. The zero-order valence-corrected chi connectivity index (χ0v) is 20.6. The molecule has 0 radical (unpaired) electrons. The predicted octanol–water partition coefficient (Wildman–Crippen LogP) is 3.11. The number of amides is 3. The zero-order chi connectivity index (χ0) is 24.5. The summed E-state index contributed by atoms with van der Waals surface area (Å²) in [6.45, 7) is 5.19. The number of fused-ring (bicyclic) bond motifs is 1. The summed E-state index contributed by atoms with van der Waals surface area (Å²) in [6.07, 6.45) is 3.26. The molecule has 1 saturated heterocycles. The van der Waals surface area contributed by atoms with E-state index in [0.717, 1.165) is 53.5 Å². The molecule has 4 heterocycles. The lowest BCUT2D eigenvalue weighted by Crippen LogP contribution is -2.45. The highest BCUT2D eigenvalue weighted by Gasteiger charge is 2.26. The normalized spacial score (nSPS) is 14.3. The number of urea groups is 1. The summed E-state index contributed by atoms with van der Waals surface area (Å²) in [5.74, 6) is -0.509. The Morgan fingerprint density at radius 2 is 1.89 bits per heavy atom. The average molecular weight is 491 g/mol. The Morgan fingerprint density at radius 3 is 2.63 bits per heavy atom. The number of pyridine rings is 1. The smallest absolute Gasteiger partial charge is 0.326 e. The van der Waals surface area contributed by atoms with Crippen molar-refractivity contribution >= 4 is 45.7 Å². The molecule has 0 spiro atoms. The Morgan fingerprint density at radius 1 is 1.09 bits per heavy atom. The van der Waals surface area contributed by atoms with Crippen LogP contribution in [-0.4, -0.2) is 69.8 Å². The van der Waals surface area contributed by atoms with Crippen LogP contribution in [0.15, 0.2) is 42.0 Å². The number of aryl methyl sites for hydroxylation is 2. The molecule has 4 aromatic rings. The van der Waals surface area contributed by atoms with Gasteiger partial charge in [-0.15, -0.1) is 11.3 Å². The van der Waals surface area contributed by atoms with Crippen molar-refractivity contribution in [1.29, 1.82) is 0 Å². The molecule has 3 aromatic heterocycles. The minimum atomic E-state index is -0.612. The summed E-state index contributed by atoms with van der Waals surface area (Å²) in [4.78, 5) is 39.3. The number of hydrogen-bond acceptors (Lipinski definition) is 8. The molecule has 0 unspecified atom stereocenters. The second-order valence-electron chi connectivity index (χ2n) is 8.54. The van der Waals surface area contributed by atoms with Gasteiger partial charge in [0, 0.05) is 62.3 Å². The molecule has 5 rings (SSSR count). The van der Waals surface area contributed by atoms with E-state index in [0.29, 0.717) is 16.9 Å². The molecule has 0 bridgehead atoms. The summed E-state index contributed by atoms with van der Waals surface area (Å²) in [5.41, 5.74) is 4.08. The van der Waals surface area contributed by atoms with Crippen molar-refractivity contribution in [2.45, 2.75) is 6.92 Å². The Balaban J connectivity index is 1.41. The molecular weight excluding hydrogens is 464 g/mol. The number of carbonyl (C=O) groups excluding carboxylic acids is 2. The summed E-state index contributed by atoms with van der Waals surface area (Å²) in [5, 5.41) is 13.3. The number of hydrogen-bond donors (Lipinski definition) is 2. The first-order valence-corrected chi connectivity index (χ1v) is 12.2. The van der Waals surface area contributed by atoms with Gasteiger partial charge in [-0.3, -0.25) is 14.8 Å². The highest BCUT2D eigenvalue weighted by molar-refractivity contribution is 7.13. The molecule has 11 heteroatoms. The Bertz CT molecular complexity index is 1390. The molecule has 1 fully saturated rings. The summed E-state index contributed by atoms with van der Waals surface area (Å²) < 4.78 is 1.72. The molecule has 3 amide bonds. The van der Waals surface area contributed by atoms with Gasteiger partial charge in [0.2, 0.25) is 0 Å². The first-order valence-electron chi connectivity index (χ1n) is 11.3. The number of piperazine rings is 1. The van der Waals surface area contributed by atoms with Gasteiger partial charge in [0.05, 0.1) is 22.3 Å². The number of rotatable bonds is 4. The number of nitrogens with one attached hydrogen (secondary N) is 2. The van der Waals surface area contributed by atoms with E-state index < -0.39 is 11.9 Å². The highest BCUT2D eigenvalue weighted by Crippen LogP contribution is 2.32. The lowest BCUT2D eigenvalue weighted by atomic mass is 10.1. The number of likely N-dealkylation sites (N-methyl/N-ethyl adjacent to an activating group) is 1. The van der Waals surface area contributed by atoms with Crippen LogP contribution in [0.5, 0.6) is 0 Å². The van der Waals surface area contributed by atoms with Gasteiger partial charge in [0.1, 0.15) is 5.01 Å². The molecule has 1 aromatic carbocycles. The molecule has 10 nitrogen and oxygen atoms in total. The topological polar surface area (TPSA) is 108 Å². The van der Waals surface area contributed by atoms with Crippen LogP contribution in [0.25, 0.3) is 21.6 Å². The third-order valence-corrected chi connectivity index (χ3v) is 6.91. The van der Waals surface area contributed by atoms with E-state index in [1.807, 2.05) is 37.6 Å². The van der Waals surface area contributed by atoms with E-state index in [2.05, 4.69) is 42.5 Å². The molecule has 180 valence electrons. The largest absolute Gasteiger partial charge is 0.368 e. The van der Waals surface area contributed by atoms with Crippen LogP contribution in [0, 0.1) is 6.92 Å². The third kappa shape index (κ3) is 4.60. The fraction of sp³-hybridized carbons (Fsp3) is 0.292. The van der Waals surface area contributed by atoms with Crippen molar-refractivity contribution < 1.29 is 9.59 Å². The van der Waals surface area contributed by atoms with Crippen molar-refractivity contribution in [1.82, 2.24) is 30.0 Å². The highest BCUT2D eigenvalue weighted by atomic mass is 32.1. The quantitative estimate of drug-likeness (QED) is 0.452. The standard InChI is InChI=1S/C24H26N8O2S/c1-15-19-20(32-10-8-30(2)9-11-32)18(14-26-21(19)31(3)29-15)22(33)28-24(34)27-17-6-4-5-16(13-17)23-25-7-12-35-23/h4-7,12-14H,8-11H2,1-3H3,(H2,27,28,33,34). The van der Waals surface area contributed by atoms with Gasteiger partial charge >= 0.3 is 6.03 Å². The number of carbonyl (C=O) groups is 2.